The standard InChI is InChI=1S/C14H23ClN2O/c1-11(2)6-17-9-14(3,4)10-18-13-5-12(15)7-16-8-13/h5,7-8,11,17H,6,9-10H2,1-4H3. The minimum atomic E-state index is 0.0806. The molecule has 18 heavy (non-hydrogen) atoms. The Balaban J connectivity index is 2.36. The lowest BCUT2D eigenvalue weighted by molar-refractivity contribution is 0.175. The lowest BCUT2D eigenvalue weighted by Gasteiger charge is -2.25. The summed E-state index contributed by atoms with van der Waals surface area (Å²) >= 11 is 5.86. The van der Waals surface area contributed by atoms with Gasteiger partial charge in [0.2, 0.25) is 0 Å². The Hall–Kier alpha value is -0.800. The quantitative estimate of drug-likeness (QED) is 0.825. The summed E-state index contributed by atoms with van der Waals surface area (Å²) in [6.07, 6.45) is 3.28. The van der Waals surface area contributed by atoms with Gasteiger partial charge >= 0.3 is 0 Å². The van der Waals surface area contributed by atoms with Crippen LogP contribution >= 0.6 is 11.6 Å². The fourth-order valence-corrected chi connectivity index (χ4v) is 1.66. The summed E-state index contributed by atoms with van der Waals surface area (Å²) in [6.45, 7) is 11.4. The smallest absolute Gasteiger partial charge is 0.139 e. The fraction of sp³-hybridized carbons (Fsp3) is 0.643. The zero-order valence-electron chi connectivity index (χ0n) is 11.7. The maximum Gasteiger partial charge on any atom is 0.139 e. The zero-order valence-corrected chi connectivity index (χ0v) is 12.4. The van der Waals surface area contributed by atoms with Crippen molar-refractivity contribution in [2.75, 3.05) is 19.7 Å². The van der Waals surface area contributed by atoms with E-state index in [1.807, 2.05) is 0 Å². The van der Waals surface area contributed by atoms with E-state index in [4.69, 9.17) is 16.3 Å². The Morgan fingerprint density at radius 2 is 2.11 bits per heavy atom. The van der Waals surface area contributed by atoms with Gasteiger partial charge in [-0.15, -0.1) is 0 Å². The van der Waals surface area contributed by atoms with Crippen molar-refractivity contribution in [2.24, 2.45) is 11.3 Å². The summed E-state index contributed by atoms with van der Waals surface area (Å²) in [5.74, 6) is 1.39. The molecule has 3 nitrogen and oxygen atoms in total. The lowest BCUT2D eigenvalue weighted by Crippen LogP contribution is -2.35. The van der Waals surface area contributed by atoms with Crippen molar-refractivity contribution in [3.8, 4) is 5.75 Å². The molecule has 0 fully saturated rings. The average molecular weight is 271 g/mol. The zero-order chi connectivity index (χ0) is 13.6. The van der Waals surface area contributed by atoms with Crippen molar-refractivity contribution >= 4 is 11.6 Å². The van der Waals surface area contributed by atoms with Crippen molar-refractivity contribution in [3.05, 3.63) is 23.5 Å². The number of halogens is 1. The van der Waals surface area contributed by atoms with Gasteiger partial charge in [0.15, 0.2) is 0 Å². The molecule has 1 N–H and O–H groups in total. The van der Waals surface area contributed by atoms with Crippen LogP contribution in [0.2, 0.25) is 5.02 Å². The summed E-state index contributed by atoms with van der Waals surface area (Å²) in [7, 11) is 0. The van der Waals surface area contributed by atoms with Crippen LogP contribution < -0.4 is 10.1 Å². The highest BCUT2D eigenvalue weighted by atomic mass is 35.5. The molecule has 0 saturated heterocycles. The molecule has 4 heteroatoms. The largest absolute Gasteiger partial charge is 0.491 e. The highest BCUT2D eigenvalue weighted by Crippen LogP contribution is 2.19. The second-order valence-electron chi connectivity index (χ2n) is 5.82. The van der Waals surface area contributed by atoms with Gasteiger partial charge in [0.05, 0.1) is 17.8 Å². The topological polar surface area (TPSA) is 34.1 Å². The summed E-state index contributed by atoms with van der Waals surface area (Å²) in [4.78, 5) is 4.00. The van der Waals surface area contributed by atoms with Crippen LogP contribution in [-0.2, 0) is 0 Å². The highest BCUT2D eigenvalue weighted by Gasteiger charge is 2.18. The first-order valence-corrected chi connectivity index (χ1v) is 6.71. The van der Waals surface area contributed by atoms with E-state index in [2.05, 4.69) is 38.0 Å². The summed E-state index contributed by atoms with van der Waals surface area (Å²) in [5.41, 5.74) is 0.0806. The Labute approximate surface area is 115 Å². The van der Waals surface area contributed by atoms with Gasteiger partial charge in [0.25, 0.3) is 0 Å². The second-order valence-corrected chi connectivity index (χ2v) is 6.25. The Bertz CT molecular complexity index is 367. The third-order valence-electron chi connectivity index (χ3n) is 2.47. The van der Waals surface area contributed by atoms with Crippen LogP contribution in [0.25, 0.3) is 0 Å². The number of ether oxygens (including phenoxy) is 1. The molecule has 102 valence electrons. The van der Waals surface area contributed by atoms with E-state index in [1.54, 1.807) is 18.5 Å². The molecule has 0 aliphatic carbocycles. The number of nitrogens with one attached hydrogen (secondary N) is 1. The van der Waals surface area contributed by atoms with Gasteiger partial charge in [-0.25, -0.2) is 0 Å². The molecule has 0 spiro atoms. The fourth-order valence-electron chi connectivity index (χ4n) is 1.50. The number of hydrogen-bond donors (Lipinski definition) is 1. The van der Waals surface area contributed by atoms with E-state index in [9.17, 15) is 0 Å². The van der Waals surface area contributed by atoms with Gasteiger partial charge in [0.1, 0.15) is 5.75 Å². The molecule has 0 atom stereocenters. The summed E-state index contributed by atoms with van der Waals surface area (Å²) in [6, 6.07) is 1.78. The van der Waals surface area contributed by atoms with Gasteiger partial charge in [0, 0.05) is 24.2 Å². The molecule has 0 unspecified atom stereocenters. The molecule has 1 rings (SSSR count). The van der Waals surface area contributed by atoms with Crippen LogP contribution in [0.3, 0.4) is 0 Å². The highest BCUT2D eigenvalue weighted by molar-refractivity contribution is 6.30. The predicted octanol–water partition coefficient (Wildman–Crippen LogP) is 3.39. The molecule has 0 amide bonds. The van der Waals surface area contributed by atoms with Crippen molar-refractivity contribution in [2.45, 2.75) is 27.7 Å². The maximum atomic E-state index is 5.86. The third-order valence-corrected chi connectivity index (χ3v) is 2.67. The van der Waals surface area contributed by atoms with Crippen molar-refractivity contribution < 1.29 is 4.74 Å². The Kier molecular flexibility index (Phi) is 5.89. The van der Waals surface area contributed by atoms with E-state index >= 15 is 0 Å². The van der Waals surface area contributed by atoms with Crippen LogP contribution in [0.4, 0.5) is 0 Å². The van der Waals surface area contributed by atoms with Gasteiger partial charge in [-0.3, -0.25) is 4.98 Å². The van der Waals surface area contributed by atoms with Crippen LogP contribution in [0.1, 0.15) is 27.7 Å². The summed E-state index contributed by atoms with van der Waals surface area (Å²) in [5, 5.41) is 4.05. The van der Waals surface area contributed by atoms with Gasteiger partial charge in [-0.05, 0) is 12.5 Å². The molecule has 0 aliphatic rings. The molecular formula is C14H23ClN2O. The van der Waals surface area contributed by atoms with Gasteiger partial charge < -0.3 is 10.1 Å². The van der Waals surface area contributed by atoms with E-state index < -0.39 is 0 Å². The first-order valence-electron chi connectivity index (χ1n) is 6.33. The summed E-state index contributed by atoms with van der Waals surface area (Å²) < 4.78 is 5.72. The number of rotatable bonds is 7. The van der Waals surface area contributed by atoms with E-state index in [-0.39, 0.29) is 5.41 Å². The Morgan fingerprint density at radius 1 is 1.39 bits per heavy atom. The van der Waals surface area contributed by atoms with Gasteiger partial charge in [-0.1, -0.05) is 39.3 Å². The first-order chi connectivity index (χ1) is 8.39. The normalized spacial score (nSPS) is 11.9. The number of aromatic nitrogens is 1. The third kappa shape index (κ3) is 6.22. The van der Waals surface area contributed by atoms with Crippen LogP contribution in [0, 0.1) is 11.3 Å². The van der Waals surface area contributed by atoms with E-state index in [0.29, 0.717) is 17.5 Å². The first kappa shape index (κ1) is 15.3. The Morgan fingerprint density at radius 3 is 2.72 bits per heavy atom. The predicted molar refractivity (Wildman–Crippen MR) is 76.2 cm³/mol. The molecule has 1 aromatic heterocycles. The van der Waals surface area contributed by atoms with Crippen molar-refractivity contribution in [1.29, 1.82) is 0 Å². The van der Waals surface area contributed by atoms with E-state index in [1.165, 1.54) is 0 Å². The van der Waals surface area contributed by atoms with Gasteiger partial charge in [-0.2, -0.15) is 0 Å². The molecule has 1 heterocycles. The molecule has 0 saturated carbocycles. The molecular weight excluding hydrogens is 248 g/mol. The van der Waals surface area contributed by atoms with Crippen LogP contribution in [-0.4, -0.2) is 24.7 Å². The molecule has 0 aliphatic heterocycles. The SMILES string of the molecule is CC(C)CNCC(C)(C)COc1cncc(Cl)c1. The number of hydrogen-bond acceptors (Lipinski definition) is 3. The minimum absolute atomic E-state index is 0.0806. The molecule has 0 radical (unpaired) electrons. The van der Waals surface area contributed by atoms with Crippen LogP contribution in [0.5, 0.6) is 5.75 Å². The van der Waals surface area contributed by atoms with Crippen molar-refractivity contribution in [3.63, 3.8) is 0 Å². The molecule has 0 bridgehead atoms. The number of nitrogens with zero attached hydrogens (tertiary/aromatic N) is 1. The van der Waals surface area contributed by atoms with Crippen LogP contribution in [0.15, 0.2) is 18.5 Å². The average Bonchev–Trinajstić information content (AvgIpc) is 2.26. The lowest BCUT2D eigenvalue weighted by atomic mass is 9.94. The van der Waals surface area contributed by atoms with E-state index in [0.717, 1.165) is 18.8 Å². The molecule has 1 aromatic rings. The minimum Gasteiger partial charge on any atom is -0.491 e. The second kappa shape index (κ2) is 6.95. The number of pyridine rings is 1. The monoisotopic (exact) mass is 270 g/mol. The maximum absolute atomic E-state index is 5.86. The molecule has 0 aromatic carbocycles. The van der Waals surface area contributed by atoms with Crippen molar-refractivity contribution in [1.82, 2.24) is 10.3 Å².